The fourth-order valence-corrected chi connectivity index (χ4v) is 2.66. The molecular formula is C13H8Br2ClNO3. The van der Waals surface area contributed by atoms with E-state index < -0.39 is 4.92 Å². The molecule has 0 aliphatic carbocycles. The number of hydrogen-bond donors (Lipinski definition) is 0. The highest BCUT2D eigenvalue weighted by Gasteiger charge is 2.19. The molecule has 20 heavy (non-hydrogen) atoms. The van der Waals surface area contributed by atoms with Gasteiger partial charge < -0.3 is 4.74 Å². The number of ether oxygens (including phenoxy) is 1. The normalized spacial score (nSPS) is 10.3. The first-order chi connectivity index (χ1) is 9.52. The monoisotopic (exact) mass is 419 g/mol. The van der Waals surface area contributed by atoms with Gasteiger partial charge in [0.2, 0.25) is 5.75 Å². The molecule has 0 aliphatic heterocycles. The molecule has 2 aromatic carbocycles. The molecule has 0 saturated heterocycles. The Morgan fingerprint density at radius 3 is 2.65 bits per heavy atom. The Morgan fingerprint density at radius 1 is 1.25 bits per heavy atom. The fraction of sp³-hybridized carbons (Fsp3) is 0.0769. The number of alkyl halides is 1. The maximum atomic E-state index is 11.0. The lowest BCUT2D eigenvalue weighted by Gasteiger charge is -2.11. The summed E-state index contributed by atoms with van der Waals surface area (Å²) < 4.78 is 7.06. The summed E-state index contributed by atoms with van der Waals surface area (Å²) in [6.45, 7) is 0. The van der Waals surface area contributed by atoms with E-state index in [0.29, 0.717) is 10.2 Å². The quantitative estimate of drug-likeness (QED) is 0.364. The molecule has 0 N–H and O–H groups in total. The SMILES string of the molecule is O=[N+]([O-])c1cccc(Br)c1Oc1ccc(Br)cc1CCl. The van der Waals surface area contributed by atoms with E-state index in [1.807, 2.05) is 6.07 Å². The maximum absolute atomic E-state index is 11.0. The van der Waals surface area contributed by atoms with Gasteiger partial charge in [-0.15, -0.1) is 11.6 Å². The molecule has 0 radical (unpaired) electrons. The van der Waals surface area contributed by atoms with Crippen molar-refractivity contribution in [2.75, 3.05) is 0 Å². The average Bonchev–Trinajstić information content (AvgIpc) is 2.42. The standard InChI is InChI=1S/C13H8Br2ClNO3/c14-9-4-5-12(8(6-9)7-16)20-13-10(15)2-1-3-11(13)17(18)19/h1-6H,7H2. The van der Waals surface area contributed by atoms with Crippen LogP contribution in [0, 0.1) is 10.1 Å². The number of nitro groups is 1. The Hall–Kier alpha value is -1.11. The summed E-state index contributed by atoms with van der Waals surface area (Å²) in [4.78, 5) is 10.6. The Kier molecular flexibility index (Phi) is 5.01. The number of nitrogens with zero attached hydrogens (tertiary/aromatic N) is 1. The van der Waals surface area contributed by atoms with Crippen LogP contribution in [0.25, 0.3) is 0 Å². The summed E-state index contributed by atoms with van der Waals surface area (Å²) in [7, 11) is 0. The maximum Gasteiger partial charge on any atom is 0.312 e. The van der Waals surface area contributed by atoms with E-state index in [2.05, 4.69) is 31.9 Å². The lowest BCUT2D eigenvalue weighted by atomic mass is 10.2. The zero-order chi connectivity index (χ0) is 14.7. The fourth-order valence-electron chi connectivity index (χ4n) is 1.60. The van der Waals surface area contributed by atoms with Crippen LogP contribution in [0.4, 0.5) is 5.69 Å². The smallest absolute Gasteiger partial charge is 0.312 e. The van der Waals surface area contributed by atoms with E-state index in [0.717, 1.165) is 10.0 Å². The molecule has 7 heteroatoms. The predicted octanol–water partition coefficient (Wildman–Crippen LogP) is 5.65. The van der Waals surface area contributed by atoms with Crippen molar-refractivity contribution in [3.8, 4) is 11.5 Å². The van der Waals surface area contributed by atoms with Gasteiger partial charge in [0.25, 0.3) is 0 Å². The highest BCUT2D eigenvalue weighted by molar-refractivity contribution is 9.10. The van der Waals surface area contributed by atoms with Crippen LogP contribution < -0.4 is 4.74 Å². The van der Waals surface area contributed by atoms with E-state index in [1.165, 1.54) is 6.07 Å². The molecule has 0 heterocycles. The second-order valence-corrected chi connectivity index (χ2v) is 5.87. The topological polar surface area (TPSA) is 52.4 Å². The number of rotatable bonds is 4. The summed E-state index contributed by atoms with van der Waals surface area (Å²) in [6, 6.07) is 9.96. The summed E-state index contributed by atoms with van der Waals surface area (Å²) in [5.74, 6) is 0.886. The number of hydrogen-bond acceptors (Lipinski definition) is 3. The van der Waals surface area contributed by atoms with Crippen molar-refractivity contribution < 1.29 is 9.66 Å². The molecule has 2 aromatic rings. The molecular weight excluding hydrogens is 413 g/mol. The Balaban J connectivity index is 2.47. The van der Waals surface area contributed by atoms with Crippen molar-refractivity contribution in [2.24, 2.45) is 0 Å². The van der Waals surface area contributed by atoms with Crippen LogP contribution in [0.15, 0.2) is 45.3 Å². The number of para-hydroxylation sites is 1. The average molecular weight is 421 g/mol. The van der Waals surface area contributed by atoms with Crippen LogP contribution >= 0.6 is 43.5 Å². The first-order valence-corrected chi connectivity index (χ1v) is 7.60. The lowest BCUT2D eigenvalue weighted by molar-refractivity contribution is -0.385. The lowest BCUT2D eigenvalue weighted by Crippen LogP contribution is -1.96. The minimum absolute atomic E-state index is 0.109. The van der Waals surface area contributed by atoms with Crippen molar-refractivity contribution >= 4 is 49.1 Å². The van der Waals surface area contributed by atoms with Gasteiger partial charge in [0.15, 0.2) is 0 Å². The highest BCUT2D eigenvalue weighted by Crippen LogP contribution is 2.39. The predicted molar refractivity (Wildman–Crippen MR) is 84.6 cm³/mol. The van der Waals surface area contributed by atoms with E-state index >= 15 is 0 Å². The molecule has 4 nitrogen and oxygen atoms in total. The molecule has 2 rings (SSSR count). The third kappa shape index (κ3) is 3.31. The van der Waals surface area contributed by atoms with Gasteiger partial charge in [-0.25, -0.2) is 0 Å². The molecule has 0 spiro atoms. The van der Waals surface area contributed by atoms with Gasteiger partial charge in [0, 0.05) is 16.1 Å². The minimum Gasteiger partial charge on any atom is -0.449 e. The second-order valence-electron chi connectivity index (χ2n) is 3.83. The Labute approximate surface area is 137 Å². The molecule has 0 atom stereocenters. The number of nitro benzene ring substituents is 1. The number of benzene rings is 2. The van der Waals surface area contributed by atoms with Crippen molar-refractivity contribution in [3.05, 3.63) is 61.0 Å². The zero-order valence-corrected chi connectivity index (χ0v) is 13.9. The van der Waals surface area contributed by atoms with Crippen molar-refractivity contribution in [1.82, 2.24) is 0 Å². The second kappa shape index (κ2) is 6.56. The van der Waals surface area contributed by atoms with Crippen LogP contribution in [-0.4, -0.2) is 4.92 Å². The molecule has 0 bridgehead atoms. The van der Waals surface area contributed by atoms with Gasteiger partial charge in [-0.3, -0.25) is 10.1 Å². The van der Waals surface area contributed by atoms with Gasteiger partial charge in [-0.1, -0.05) is 22.0 Å². The highest BCUT2D eigenvalue weighted by atomic mass is 79.9. The molecule has 0 aromatic heterocycles. The first-order valence-electron chi connectivity index (χ1n) is 5.48. The van der Waals surface area contributed by atoms with Crippen LogP contribution in [0.2, 0.25) is 0 Å². The van der Waals surface area contributed by atoms with E-state index in [1.54, 1.807) is 24.3 Å². The third-order valence-electron chi connectivity index (χ3n) is 2.52. The van der Waals surface area contributed by atoms with Gasteiger partial charge in [0.1, 0.15) is 5.75 Å². The summed E-state index contributed by atoms with van der Waals surface area (Å²) >= 11 is 12.5. The zero-order valence-electron chi connectivity index (χ0n) is 9.98. The first kappa shape index (κ1) is 15.3. The Bertz CT molecular complexity index is 664. The van der Waals surface area contributed by atoms with Crippen molar-refractivity contribution in [2.45, 2.75) is 5.88 Å². The summed E-state index contributed by atoms with van der Waals surface area (Å²) in [5.41, 5.74) is 0.633. The largest absolute Gasteiger partial charge is 0.449 e. The molecule has 0 saturated carbocycles. The van der Waals surface area contributed by atoms with Gasteiger partial charge in [0.05, 0.1) is 15.3 Å². The third-order valence-corrected chi connectivity index (χ3v) is 3.93. The summed E-state index contributed by atoms with van der Waals surface area (Å²) in [6.07, 6.45) is 0. The molecule has 0 amide bonds. The Morgan fingerprint density at radius 2 is 2.00 bits per heavy atom. The summed E-state index contributed by atoms with van der Waals surface area (Å²) in [5, 5.41) is 11.0. The van der Waals surface area contributed by atoms with E-state index in [-0.39, 0.29) is 17.3 Å². The van der Waals surface area contributed by atoms with E-state index in [4.69, 9.17) is 16.3 Å². The van der Waals surface area contributed by atoms with Gasteiger partial charge in [-0.2, -0.15) is 0 Å². The van der Waals surface area contributed by atoms with E-state index in [9.17, 15) is 10.1 Å². The van der Waals surface area contributed by atoms with Crippen LogP contribution in [0.5, 0.6) is 11.5 Å². The number of halogens is 3. The molecule has 0 aliphatic rings. The molecule has 0 fully saturated rings. The van der Waals surface area contributed by atoms with Crippen molar-refractivity contribution in [3.63, 3.8) is 0 Å². The van der Waals surface area contributed by atoms with Crippen LogP contribution in [-0.2, 0) is 5.88 Å². The van der Waals surface area contributed by atoms with Gasteiger partial charge in [-0.05, 0) is 40.2 Å². The van der Waals surface area contributed by atoms with Crippen molar-refractivity contribution in [1.29, 1.82) is 0 Å². The molecule has 104 valence electrons. The van der Waals surface area contributed by atoms with Crippen LogP contribution in [0.3, 0.4) is 0 Å². The van der Waals surface area contributed by atoms with Crippen LogP contribution in [0.1, 0.15) is 5.56 Å². The van der Waals surface area contributed by atoms with Gasteiger partial charge >= 0.3 is 5.69 Å². The molecule has 0 unspecified atom stereocenters. The minimum atomic E-state index is -0.487.